The molecule has 0 unspecified atom stereocenters. The van der Waals surface area contributed by atoms with E-state index in [-0.39, 0.29) is 5.91 Å². The molecule has 0 aliphatic carbocycles. The van der Waals surface area contributed by atoms with Gasteiger partial charge in [-0.1, -0.05) is 0 Å². The number of aryl methyl sites for hydroxylation is 1. The number of nitrogens with two attached hydrogens (primary N) is 1. The minimum absolute atomic E-state index is 0.135. The Morgan fingerprint density at radius 1 is 1.35 bits per heavy atom. The van der Waals surface area contributed by atoms with E-state index in [2.05, 4.69) is 0 Å². The Hall–Kier alpha value is -1.16. The normalized spacial score (nSPS) is 16.6. The van der Waals surface area contributed by atoms with Crippen LogP contribution in [0.4, 0.5) is 5.69 Å². The van der Waals surface area contributed by atoms with Gasteiger partial charge in [0.25, 0.3) is 5.91 Å². The molecule has 1 fully saturated rings. The highest BCUT2D eigenvalue weighted by Gasteiger charge is 2.17. The number of carbonyl (C=O) groups excluding carboxylic acids is 1. The fraction of sp³-hybridized carbons (Fsp3) is 0.462. The molecule has 2 rings (SSSR count). The number of benzene rings is 1. The van der Waals surface area contributed by atoms with Crippen molar-refractivity contribution < 1.29 is 4.79 Å². The van der Waals surface area contributed by atoms with Gasteiger partial charge in [0, 0.05) is 30.1 Å². The van der Waals surface area contributed by atoms with Crippen molar-refractivity contribution in [3.05, 3.63) is 29.3 Å². The Labute approximate surface area is 106 Å². The maximum Gasteiger partial charge on any atom is 0.253 e. The molecule has 2 N–H and O–H groups in total. The first-order chi connectivity index (χ1) is 8.18. The lowest BCUT2D eigenvalue weighted by Crippen LogP contribution is -2.32. The average molecular weight is 250 g/mol. The van der Waals surface area contributed by atoms with Gasteiger partial charge in [0.2, 0.25) is 0 Å². The SMILES string of the molecule is Cc1cc(C(=O)N2CCCSCC2)ccc1N. The highest BCUT2D eigenvalue weighted by Crippen LogP contribution is 2.17. The van der Waals surface area contributed by atoms with Gasteiger partial charge in [-0.15, -0.1) is 0 Å². The molecule has 0 spiro atoms. The number of hydrogen-bond donors (Lipinski definition) is 1. The van der Waals surface area contributed by atoms with Crippen LogP contribution in [0.15, 0.2) is 18.2 Å². The lowest BCUT2D eigenvalue weighted by molar-refractivity contribution is 0.0768. The molecule has 1 saturated heterocycles. The van der Waals surface area contributed by atoms with Crippen LogP contribution in [0.25, 0.3) is 0 Å². The third kappa shape index (κ3) is 2.94. The molecule has 0 aromatic heterocycles. The molecule has 0 bridgehead atoms. The van der Waals surface area contributed by atoms with Gasteiger partial charge in [-0.25, -0.2) is 0 Å². The molecule has 1 aromatic carbocycles. The van der Waals surface area contributed by atoms with Crippen molar-refractivity contribution >= 4 is 23.4 Å². The topological polar surface area (TPSA) is 46.3 Å². The molecule has 0 saturated carbocycles. The zero-order chi connectivity index (χ0) is 12.3. The van der Waals surface area contributed by atoms with E-state index < -0.39 is 0 Å². The van der Waals surface area contributed by atoms with Crippen LogP contribution >= 0.6 is 11.8 Å². The summed E-state index contributed by atoms with van der Waals surface area (Å²) in [6, 6.07) is 5.52. The highest BCUT2D eigenvalue weighted by molar-refractivity contribution is 7.99. The first kappa shape index (κ1) is 12.3. The number of nitrogens with zero attached hydrogens (tertiary/aromatic N) is 1. The van der Waals surface area contributed by atoms with Crippen molar-refractivity contribution in [3.63, 3.8) is 0 Å². The van der Waals surface area contributed by atoms with Crippen LogP contribution in [0.2, 0.25) is 0 Å². The Morgan fingerprint density at radius 2 is 2.18 bits per heavy atom. The van der Waals surface area contributed by atoms with Crippen molar-refractivity contribution in [1.82, 2.24) is 4.90 Å². The number of thioether (sulfide) groups is 1. The first-order valence-electron chi connectivity index (χ1n) is 5.91. The highest BCUT2D eigenvalue weighted by atomic mass is 32.2. The fourth-order valence-electron chi connectivity index (χ4n) is 1.94. The summed E-state index contributed by atoms with van der Waals surface area (Å²) in [5.41, 5.74) is 8.23. The predicted octanol–water partition coefficient (Wildman–Crippen LogP) is 2.16. The molecule has 4 heteroatoms. The van der Waals surface area contributed by atoms with Crippen LogP contribution in [0.1, 0.15) is 22.3 Å². The Bertz CT molecular complexity index is 412. The van der Waals surface area contributed by atoms with Crippen molar-refractivity contribution in [2.24, 2.45) is 0 Å². The Morgan fingerprint density at radius 3 is 2.94 bits per heavy atom. The molecule has 0 radical (unpaired) electrons. The summed E-state index contributed by atoms with van der Waals surface area (Å²) in [5.74, 6) is 2.33. The standard InChI is InChI=1S/C13H18N2OS/c1-10-9-11(3-4-12(10)14)13(16)15-5-2-7-17-8-6-15/h3-4,9H,2,5-8,14H2,1H3. The van der Waals surface area contributed by atoms with Gasteiger partial charge in [-0.3, -0.25) is 4.79 Å². The fourth-order valence-corrected chi connectivity index (χ4v) is 2.83. The third-order valence-corrected chi connectivity index (χ3v) is 4.07. The molecule has 1 amide bonds. The number of hydrogen-bond acceptors (Lipinski definition) is 3. The lowest BCUT2D eigenvalue weighted by atomic mass is 10.1. The third-order valence-electron chi connectivity index (χ3n) is 3.03. The van der Waals surface area contributed by atoms with Crippen LogP contribution in [-0.4, -0.2) is 35.4 Å². The van der Waals surface area contributed by atoms with Crippen molar-refractivity contribution in [3.8, 4) is 0 Å². The van der Waals surface area contributed by atoms with Gasteiger partial charge in [0.05, 0.1) is 0 Å². The van der Waals surface area contributed by atoms with Crippen molar-refractivity contribution in [1.29, 1.82) is 0 Å². The summed E-state index contributed by atoms with van der Waals surface area (Å²) in [5, 5.41) is 0. The Balaban J connectivity index is 2.14. The molecule has 92 valence electrons. The average Bonchev–Trinajstić information content (AvgIpc) is 2.60. The van der Waals surface area contributed by atoms with Gasteiger partial charge in [0.1, 0.15) is 0 Å². The monoisotopic (exact) mass is 250 g/mol. The second kappa shape index (κ2) is 5.45. The van der Waals surface area contributed by atoms with E-state index in [9.17, 15) is 4.79 Å². The Kier molecular flexibility index (Phi) is 3.94. The molecule has 1 aromatic rings. The zero-order valence-corrected chi connectivity index (χ0v) is 10.9. The van der Waals surface area contributed by atoms with E-state index in [1.54, 1.807) is 0 Å². The molecular formula is C13H18N2OS. The van der Waals surface area contributed by atoms with Crippen molar-refractivity contribution in [2.75, 3.05) is 30.3 Å². The summed E-state index contributed by atoms with van der Waals surface area (Å²) in [7, 11) is 0. The van der Waals surface area contributed by atoms with Crippen LogP contribution in [0.5, 0.6) is 0 Å². The lowest BCUT2D eigenvalue weighted by Gasteiger charge is -2.20. The molecule has 0 atom stereocenters. The van der Waals surface area contributed by atoms with Crippen molar-refractivity contribution in [2.45, 2.75) is 13.3 Å². The summed E-state index contributed by atoms with van der Waals surface area (Å²) >= 11 is 1.92. The number of rotatable bonds is 1. The maximum atomic E-state index is 12.3. The van der Waals surface area contributed by atoms with Gasteiger partial charge < -0.3 is 10.6 Å². The van der Waals surface area contributed by atoms with Crippen LogP contribution in [0.3, 0.4) is 0 Å². The molecular weight excluding hydrogens is 232 g/mol. The zero-order valence-electron chi connectivity index (χ0n) is 10.1. The summed E-state index contributed by atoms with van der Waals surface area (Å²) in [4.78, 5) is 14.2. The quantitative estimate of drug-likeness (QED) is 0.777. The smallest absolute Gasteiger partial charge is 0.253 e. The van der Waals surface area contributed by atoms with E-state index in [0.29, 0.717) is 0 Å². The van der Waals surface area contributed by atoms with Crippen LogP contribution < -0.4 is 5.73 Å². The number of anilines is 1. The molecule has 1 aliphatic heterocycles. The second-order valence-electron chi connectivity index (χ2n) is 4.33. The van der Waals surface area contributed by atoms with Gasteiger partial charge in [-0.05, 0) is 42.9 Å². The van der Waals surface area contributed by atoms with Gasteiger partial charge in [-0.2, -0.15) is 11.8 Å². The van der Waals surface area contributed by atoms with Gasteiger partial charge in [0.15, 0.2) is 0 Å². The van der Waals surface area contributed by atoms with Gasteiger partial charge >= 0.3 is 0 Å². The van der Waals surface area contributed by atoms with E-state index >= 15 is 0 Å². The predicted molar refractivity (Wildman–Crippen MR) is 73.4 cm³/mol. The van der Waals surface area contributed by atoms with E-state index in [1.165, 1.54) is 0 Å². The maximum absolute atomic E-state index is 12.3. The molecule has 3 nitrogen and oxygen atoms in total. The van der Waals surface area contributed by atoms with Crippen LogP contribution in [0, 0.1) is 6.92 Å². The summed E-state index contributed by atoms with van der Waals surface area (Å²) in [6.45, 7) is 3.66. The number of nitrogen functional groups attached to an aromatic ring is 1. The minimum atomic E-state index is 0.135. The molecule has 1 aliphatic rings. The first-order valence-corrected chi connectivity index (χ1v) is 7.07. The van der Waals surface area contributed by atoms with Crippen LogP contribution in [-0.2, 0) is 0 Å². The van der Waals surface area contributed by atoms with E-state index in [1.807, 2.05) is 41.8 Å². The largest absolute Gasteiger partial charge is 0.399 e. The number of carbonyl (C=O) groups is 1. The summed E-state index contributed by atoms with van der Waals surface area (Å²) < 4.78 is 0. The van der Waals surface area contributed by atoms with E-state index in [4.69, 9.17) is 5.73 Å². The summed E-state index contributed by atoms with van der Waals surface area (Å²) in [6.07, 6.45) is 1.09. The van der Waals surface area contributed by atoms with E-state index in [0.717, 1.165) is 47.8 Å². The molecule has 17 heavy (non-hydrogen) atoms. The minimum Gasteiger partial charge on any atom is -0.399 e. The second-order valence-corrected chi connectivity index (χ2v) is 5.55. The molecule has 1 heterocycles. The number of amides is 1.